The lowest BCUT2D eigenvalue weighted by Gasteiger charge is -2.07. The van der Waals surface area contributed by atoms with Crippen LogP contribution in [0.3, 0.4) is 0 Å². The third-order valence-electron chi connectivity index (χ3n) is 2.66. The van der Waals surface area contributed by atoms with Gasteiger partial charge < -0.3 is 16.2 Å². The van der Waals surface area contributed by atoms with E-state index in [1.807, 2.05) is 6.07 Å². The third-order valence-corrected chi connectivity index (χ3v) is 3.33. The molecule has 1 amide bonds. The van der Waals surface area contributed by atoms with Crippen LogP contribution in [0, 0.1) is 15.4 Å². The van der Waals surface area contributed by atoms with Crippen molar-refractivity contribution in [1.82, 2.24) is 0 Å². The van der Waals surface area contributed by atoms with Crippen LogP contribution < -0.4 is 11.1 Å². The minimum Gasteiger partial charge on any atom is -0.507 e. The first-order chi connectivity index (χ1) is 10.1. The van der Waals surface area contributed by atoms with Crippen molar-refractivity contribution in [3.63, 3.8) is 0 Å². The van der Waals surface area contributed by atoms with E-state index in [0.717, 1.165) is 9.13 Å². The fraction of sp³-hybridized carbons (Fsp3) is 0.0625. The fourth-order valence-corrected chi connectivity index (χ4v) is 2.21. The van der Waals surface area contributed by atoms with E-state index in [0.29, 0.717) is 5.69 Å². The molecule has 2 aromatic rings. The summed E-state index contributed by atoms with van der Waals surface area (Å²) in [4.78, 5) is 12.2. The van der Waals surface area contributed by atoms with Crippen LogP contribution in [-0.2, 0) is 0 Å². The average molecular weight is 392 g/mol. The Morgan fingerprint density at radius 3 is 2.86 bits per heavy atom. The van der Waals surface area contributed by atoms with Gasteiger partial charge in [0.15, 0.2) is 0 Å². The number of halogens is 1. The van der Waals surface area contributed by atoms with Crippen LogP contribution in [0.25, 0.3) is 0 Å². The van der Waals surface area contributed by atoms with Gasteiger partial charge in [-0.3, -0.25) is 4.79 Å². The van der Waals surface area contributed by atoms with Crippen molar-refractivity contribution in [2.45, 2.75) is 0 Å². The summed E-state index contributed by atoms with van der Waals surface area (Å²) in [6.07, 6.45) is 0. The topological polar surface area (TPSA) is 75.3 Å². The highest BCUT2D eigenvalue weighted by atomic mass is 127. The summed E-state index contributed by atoms with van der Waals surface area (Å²) in [5, 5.41) is 12.5. The minimum absolute atomic E-state index is 0.0491. The number of carbonyl (C=O) groups is 1. The lowest BCUT2D eigenvalue weighted by atomic mass is 10.1. The number of phenolic OH excluding ortho intramolecular Hbond substituents is 1. The second-order valence-electron chi connectivity index (χ2n) is 4.20. The standard InChI is InChI=1S/C16H13IN2O2/c17-12-6-7-15(20)14(10-12)16(21)19-13-5-1-3-11(9-13)4-2-8-18/h1,3,5-7,9-10,20H,8,18H2,(H,19,21). The molecule has 5 heteroatoms. The SMILES string of the molecule is NCC#Cc1cccc(NC(=O)c2cc(I)ccc2O)c1. The summed E-state index contributed by atoms with van der Waals surface area (Å²) in [6.45, 7) is 0.285. The van der Waals surface area contributed by atoms with E-state index >= 15 is 0 Å². The average Bonchev–Trinajstić information content (AvgIpc) is 2.48. The van der Waals surface area contributed by atoms with E-state index in [1.54, 1.807) is 30.3 Å². The van der Waals surface area contributed by atoms with Gasteiger partial charge in [-0.25, -0.2) is 0 Å². The first kappa shape index (κ1) is 15.4. The van der Waals surface area contributed by atoms with Crippen LogP contribution in [0.1, 0.15) is 15.9 Å². The maximum atomic E-state index is 12.2. The van der Waals surface area contributed by atoms with Crippen LogP contribution in [0.4, 0.5) is 5.69 Å². The molecule has 0 spiro atoms. The number of phenols is 1. The van der Waals surface area contributed by atoms with Crippen molar-refractivity contribution in [1.29, 1.82) is 0 Å². The van der Waals surface area contributed by atoms with Crippen LogP contribution in [-0.4, -0.2) is 17.6 Å². The molecular weight excluding hydrogens is 379 g/mol. The zero-order valence-electron chi connectivity index (χ0n) is 11.1. The monoisotopic (exact) mass is 392 g/mol. The van der Waals surface area contributed by atoms with E-state index < -0.39 is 0 Å². The molecule has 0 unspecified atom stereocenters. The van der Waals surface area contributed by atoms with Crippen LogP contribution in [0.2, 0.25) is 0 Å². The molecule has 2 aromatic carbocycles. The number of nitrogens with one attached hydrogen (secondary N) is 1. The molecule has 2 rings (SSSR count). The van der Waals surface area contributed by atoms with E-state index in [-0.39, 0.29) is 23.8 Å². The zero-order valence-corrected chi connectivity index (χ0v) is 13.2. The Kier molecular flexibility index (Phi) is 5.20. The number of hydrogen-bond donors (Lipinski definition) is 3. The lowest BCUT2D eigenvalue weighted by molar-refractivity contribution is 0.102. The number of benzene rings is 2. The molecule has 0 saturated carbocycles. The largest absolute Gasteiger partial charge is 0.507 e. The summed E-state index contributed by atoms with van der Waals surface area (Å²) in [7, 11) is 0. The summed E-state index contributed by atoms with van der Waals surface area (Å²) in [5.74, 6) is 5.24. The van der Waals surface area contributed by atoms with E-state index in [1.165, 1.54) is 6.07 Å². The Morgan fingerprint density at radius 1 is 1.29 bits per heavy atom. The number of amides is 1. The second kappa shape index (κ2) is 7.11. The van der Waals surface area contributed by atoms with Crippen molar-refractivity contribution < 1.29 is 9.90 Å². The quantitative estimate of drug-likeness (QED) is 0.543. The number of hydrogen-bond acceptors (Lipinski definition) is 3. The zero-order chi connectivity index (χ0) is 15.2. The molecule has 21 heavy (non-hydrogen) atoms. The first-order valence-corrected chi connectivity index (χ1v) is 7.27. The van der Waals surface area contributed by atoms with Gasteiger partial charge in [0.25, 0.3) is 5.91 Å². The fourth-order valence-electron chi connectivity index (χ4n) is 1.72. The molecule has 0 aliphatic heterocycles. The Bertz CT molecular complexity index is 733. The molecule has 0 aliphatic rings. The molecule has 106 valence electrons. The number of anilines is 1. The van der Waals surface area contributed by atoms with Gasteiger partial charge in [-0.05, 0) is 59.0 Å². The molecule has 0 aliphatic carbocycles. The Balaban J connectivity index is 2.21. The number of aromatic hydroxyl groups is 1. The maximum Gasteiger partial charge on any atom is 0.259 e. The van der Waals surface area contributed by atoms with Crippen molar-refractivity contribution in [2.75, 3.05) is 11.9 Å². The molecule has 0 atom stereocenters. The van der Waals surface area contributed by atoms with Gasteiger partial charge in [0.2, 0.25) is 0 Å². The number of rotatable bonds is 2. The highest BCUT2D eigenvalue weighted by molar-refractivity contribution is 14.1. The molecule has 4 N–H and O–H groups in total. The normalized spacial score (nSPS) is 9.62. The predicted molar refractivity (Wildman–Crippen MR) is 91.2 cm³/mol. The third kappa shape index (κ3) is 4.21. The van der Waals surface area contributed by atoms with E-state index in [4.69, 9.17) is 5.73 Å². The van der Waals surface area contributed by atoms with Gasteiger partial charge in [-0.15, -0.1) is 0 Å². The van der Waals surface area contributed by atoms with Gasteiger partial charge >= 0.3 is 0 Å². The van der Waals surface area contributed by atoms with Gasteiger partial charge in [0.05, 0.1) is 12.1 Å². The molecule has 0 fully saturated rings. The highest BCUT2D eigenvalue weighted by Gasteiger charge is 2.11. The number of carbonyl (C=O) groups excluding carboxylic acids is 1. The molecule has 0 saturated heterocycles. The van der Waals surface area contributed by atoms with E-state index in [9.17, 15) is 9.90 Å². The molecule has 0 heterocycles. The summed E-state index contributed by atoms with van der Waals surface area (Å²) >= 11 is 2.09. The Hall–Kier alpha value is -2.04. The molecule has 0 aromatic heterocycles. The van der Waals surface area contributed by atoms with Gasteiger partial charge in [-0.2, -0.15) is 0 Å². The van der Waals surface area contributed by atoms with Crippen molar-refractivity contribution in [3.05, 3.63) is 57.2 Å². The summed E-state index contributed by atoms with van der Waals surface area (Å²) in [6, 6.07) is 12.0. The van der Waals surface area contributed by atoms with Gasteiger partial charge in [-0.1, -0.05) is 17.9 Å². The van der Waals surface area contributed by atoms with Crippen LogP contribution in [0.15, 0.2) is 42.5 Å². The molecular formula is C16H13IN2O2. The predicted octanol–water partition coefficient (Wildman–Crippen LogP) is 2.56. The Labute approximate surface area is 136 Å². The number of nitrogens with two attached hydrogens (primary N) is 1. The summed E-state index contributed by atoms with van der Waals surface area (Å²) < 4.78 is 0.873. The highest BCUT2D eigenvalue weighted by Crippen LogP contribution is 2.21. The molecule has 0 bridgehead atoms. The molecule has 4 nitrogen and oxygen atoms in total. The van der Waals surface area contributed by atoms with Crippen LogP contribution in [0.5, 0.6) is 5.75 Å². The smallest absolute Gasteiger partial charge is 0.259 e. The molecule has 0 radical (unpaired) electrons. The Morgan fingerprint density at radius 2 is 2.10 bits per heavy atom. The van der Waals surface area contributed by atoms with Gasteiger partial charge in [0.1, 0.15) is 5.75 Å². The summed E-state index contributed by atoms with van der Waals surface area (Å²) in [5.41, 5.74) is 6.95. The second-order valence-corrected chi connectivity index (χ2v) is 5.45. The van der Waals surface area contributed by atoms with E-state index in [2.05, 4.69) is 39.7 Å². The first-order valence-electron chi connectivity index (χ1n) is 6.19. The van der Waals surface area contributed by atoms with Crippen LogP contribution >= 0.6 is 22.6 Å². The van der Waals surface area contributed by atoms with Crippen molar-refractivity contribution in [2.24, 2.45) is 5.73 Å². The van der Waals surface area contributed by atoms with Crippen molar-refractivity contribution >= 4 is 34.2 Å². The minimum atomic E-state index is -0.366. The lowest BCUT2D eigenvalue weighted by Crippen LogP contribution is -2.12. The van der Waals surface area contributed by atoms with Gasteiger partial charge in [0, 0.05) is 14.8 Å². The maximum absolute atomic E-state index is 12.2. The van der Waals surface area contributed by atoms with Crippen molar-refractivity contribution in [3.8, 4) is 17.6 Å².